The van der Waals surface area contributed by atoms with Gasteiger partial charge in [0.05, 0.1) is 0 Å². The normalized spacial score (nSPS) is 10.8. The number of hydrogen-bond acceptors (Lipinski definition) is 2. The zero-order chi connectivity index (χ0) is 14.5. The molecule has 0 aliphatic heterocycles. The van der Waals surface area contributed by atoms with Crippen molar-refractivity contribution in [1.82, 2.24) is 4.90 Å². The summed E-state index contributed by atoms with van der Waals surface area (Å²) in [7, 11) is 1.95. The number of rotatable bonds is 5. The highest BCUT2D eigenvalue weighted by atomic mass is 19.1. The third kappa shape index (κ3) is 3.65. The molecular formula is C16H18FN3. The van der Waals surface area contributed by atoms with Crippen molar-refractivity contribution >= 4 is 5.84 Å². The number of hydrogen-bond donors (Lipinski definition) is 2. The minimum absolute atomic E-state index is 0.0660. The van der Waals surface area contributed by atoms with Crippen LogP contribution in [0.4, 0.5) is 4.39 Å². The van der Waals surface area contributed by atoms with Gasteiger partial charge in [-0.25, -0.2) is 4.39 Å². The number of nitrogens with zero attached hydrogens (tertiary/aromatic N) is 1. The number of benzene rings is 2. The molecule has 3 N–H and O–H groups in total. The lowest BCUT2D eigenvalue weighted by atomic mass is 10.1. The molecule has 2 rings (SSSR count). The first-order valence-corrected chi connectivity index (χ1v) is 6.41. The number of nitrogen functional groups attached to an aromatic ring is 1. The Kier molecular flexibility index (Phi) is 4.48. The standard InChI is InChI=1S/C16H18FN3/c1-20(11-14-4-2-3-5-15(14)17)10-12-6-8-13(9-7-12)16(18)19/h2-9H,10-11H2,1H3,(H3,18,19). The Hall–Kier alpha value is -2.20. The molecule has 0 spiro atoms. The highest BCUT2D eigenvalue weighted by molar-refractivity contribution is 5.94. The van der Waals surface area contributed by atoms with Gasteiger partial charge >= 0.3 is 0 Å². The fraction of sp³-hybridized carbons (Fsp3) is 0.188. The summed E-state index contributed by atoms with van der Waals surface area (Å²) < 4.78 is 13.6. The summed E-state index contributed by atoms with van der Waals surface area (Å²) in [6.45, 7) is 1.27. The van der Waals surface area contributed by atoms with E-state index in [2.05, 4.69) is 0 Å². The molecule has 0 radical (unpaired) electrons. The lowest BCUT2D eigenvalue weighted by Gasteiger charge is -2.17. The molecule has 0 heterocycles. The predicted octanol–water partition coefficient (Wildman–Crippen LogP) is 2.74. The maximum atomic E-state index is 13.6. The minimum atomic E-state index is -0.175. The maximum Gasteiger partial charge on any atom is 0.127 e. The summed E-state index contributed by atoms with van der Waals surface area (Å²) in [6, 6.07) is 14.3. The van der Waals surface area contributed by atoms with E-state index in [1.54, 1.807) is 12.1 Å². The van der Waals surface area contributed by atoms with E-state index >= 15 is 0 Å². The summed E-state index contributed by atoms with van der Waals surface area (Å²) in [5, 5.41) is 7.35. The molecule has 0 aliphatic rings. The Bertz CT molecular complexity index is 593. The topological polar surface area (TPSA) is 53.1 Å². The van der Waals surface area contributed by atoms with E-state index in [0.717, 1.165) is 5.56 Å². The highest BCUT2D eigenvalue weighted by Crippen LogP contribution is 2.12. The molecule has 0 saturated carbocycles. The molecule has 4 heteroatoms. The van der Waals surface area contributed by atoms with Crippen molar-refractivity contribution in [1.29, 1.82) is 5.41 Å². The van der Waals surface area contributed by atoms with Gasteiger partial charge in [0.1, 0.15) is 11.7 Å². The lowest BCUT2D eigenvalue weighted by Crippen LogP contribution is -2.18. The Morgan fingerprint density at radius 2 is 1.75 bits per heavy atom. The third-order valence-corrected chi connectivity index (χ3v) is 3.12. The van der Waals surface area contributed by atoms with Gasteiger partial charge in [-0.05, 0) is 18.7 Å². The van der Waals surface area contributed by atoms with Crippen molar-refractivity contribution in [2.24, 2.45) is 5.73 Å². The number of nitrogens with two attached hydrogens (primary N) is 1. The second kappa shape index (κ2) is 6.30. The quantitative estimate of drug-likeness (QED) is 0.649. The second-order valence-electron chi connectivity index (χ2n) is 4.87. The van der Waals surface area contributed by atoms with Crippen molar-refractivity contribution in [3.63, 3.8) is 0 Å². The van der Waals surface area contributed by atoms with E-state index in [1.165, 1.54) is 6.07 Å². The van der Waals surface area contributed by atoms with Crippen molar-refractivity contribution in [3.05, 3.63) is 71.0 Å². The van der Waals surface area contributed by atoms with Gasteiger partial charge < -0.3 is 5.73 Å². The van der Waals surface area contributed by atoms with Crippen LogP contribution in [0, 0.1) is 11.2 Å². The number of amidine groups is 1. The first-order valence-electron chi connectivity index (χ1n) is 6.41. The monoisotopic (exact) mass is 271 g/mol. The van der Waals surface area contributed by atoms with Crippen molar-refractivity contribution < 1.29 is 4.39 Å². The van der Waals surface area contributed by atoms with E-state index < -0.39 is 0 Å². The van der Waals surface area contributed by atoms with Crippen LogP contribution in [0.3, 0.4) is 0 Å². The molecule has 0 amide bonds. The molecule has 0 aliphatic carbocycles. The molecule has 0 saturated heterocycles. The summed E-state index contributed by atoms with van der Waals surface area (Å²) in [5.74, 6) is -0.109. The predicted molar refractivity (Wildman–Crippen MR) is 79.0 cm³/mol. The van der Waals surface area contributed by atoms with E-state index in [1.807, 2.05) is 42.3 Å². The van der Waals surface area contributed by atoms with Crippen LogP contribution in [-0.4, -0.2) is 17.8 Å². The molecular weight excluding hydrogens is 253 g/mol. The highest BCUT2D eigenvalue weighted by Gasteiger charge is 2.06. The van der Waals surface area contributed by atoms with Crippen LogP contribution in [0.5, 0.6) is 0 Å². The van der Waals surface area contributed by atoms with Gasteiger partial charge in [0.25, 0.3) is 0 Å². The molecule has 104 valence electrons. The summed E-state index contributed by atoms with van der Waals surface area (Å²) in [6.07, 6.45) is 0. The molecule has 0 bridgehead atoms. The molecule has 0 atom stereocenters. The van der Waals surface area contributed by atoms with Crippen LogP contribution in [-0.2, 0) is 13.1 Å². The lowest BCUT2D eigenvalue weighted by molar-refractivity contribution is 0.313. The van der Waals surface area contributed by atoms with Gasteiger partial charge in [-0.3, -0.25) is 10.3 Å². The minimum Gasteiger partial charge on any atom is -0.384 e. The Morgan fingerprint density at radius 3 is 2.35 bits per heavy atom. The Labute approximate surface area is 118 Å². The molecule has 0 unspecified atom stereocenters. The zero-order valence-corrected chi connectivity index (χ0v) is 11.4. The largest absolute Gasteiger partial charge is 0.384 e. The molecule has 2 aromatic rings. The van der Waals surface area contributed by atoms with Crippen molar-refractivity contribution in [2.45, 2.75) is 13.1 Å². The first-order chi connectivity index (χ1) is 9.56. The number of nitrogens with one attached hydrogen (secondary N) is 1. The van der Waals surface area contributed by atoms with Crippen LogP contribution >= 0.6 is 0 Å². The van der Waals surface area contributed by atoms with Gasteiger partial charge in [-0.2, -0.15) is 0 Å². The molecule has 0 fully saturated rings. The fourth-order valence-corrected chi connectivity index (χ4v) is 2.07. The van der Waals surface area contributed by atoms with Crippen LogP contribution in [0.1, 0.15) is 16.7 Å². The summed E-state index contributed by atoms with van der Waals surface area (Å²) in [4.78, 5) is 2.04. The van der Waals surface area contributed by atoms with E-state index in [4.69, 9.17) is 11.1 Å². The van der Waals surface area contributed by atoms with Gasteiger partial charge in [0.2, 0.25) is 0 Å². The smallest absolute Gasteiger partial charge is 0.127 e. The average Bonchev–Trinajstić information content (AvgIpc) is 2.42. The SMILES string of the molecule is CN(Cc1ccc(C(=N)N)cc1)Cc1ccccc1F. The van der Waals surface area contributed by atoms with Gasteiger partial charge in [0, 0.05) is 24.2 Å². The van der Waals surface area contributed by atoms with Crippen molar-refractivity contribution in [2.75, 3.05) is 7.05 Å². The Morgan fingerprint density at radius 1 is 1.10 bits per heavy atom. The molecule has 3 nitrogen and oxygen atoms in total. The zero-order valence-electron chi connectivity index (χ0n) is 11.4. The van der Waals surface area contributed by atoms with E-state index in [9.17, 15) is 4.39 Å². The Balaban J connectivity index is 1.99. The molecule has 0 aromatic heterocycles. The molecule has 20 heavy (non-hydrogen) atoms. The third-order valence-electron chi connectivity index (χ3n) is 3.12. The first kappa shape index (κ1) is 14.2. The second-order valence-corrected chi connectivity index (χ2v) is 4.87. The van der Waals surface area contributed by atoms with Crippen LogP contribution < -0.4 is 5.73 Å². The van der Waals surface area contributed by atoms with E-state index in [0.29, 0.717) is 24.2 Å². The van der Waals surface area contributed by atoms with Crippen LogP contribution in [0.15, 0.2) is 48.5 Å². The number of halogens is 1. The average molecular weight is 271 g/mol. The van der Waals surface area contributed by atoms with E-state index in [-0.39, 0.29) is 11.7 Å². The van der Waals surface area contributed by atoms with Gasteiger partial charge in [-0.1, -0.05) is 42.5 Å². The van der Waals surface area contributed by atoms with Crippen LogP contribution in [0.2, 0.25) is 0 Å². The van der Waals surface area contributed by atoms with Gasteiger partial charge in [-0.15, -0.1) is 0 Å². The maximum absolute atomic E-state index is 13.6. The summed E-state index contributed by atoms with van der Waals surface area (Å²) >= 11 is 0. The van der Waals surface area contributed by atoms with Crippen LogP contribution in [0.25, 0.3) is 0 Å². The van der Waals surface area contributed by atoms with Gasteiger partial charge in [0.15, 0.2) is 0 Å². The molecule has 2 aromatic carbocycles. The van der Waals surface area contributed by atoms with Crippen molar-refractivity contribution in [3.8, 4) is 0 Å². The summed E-state index contributed by atoms with van der Waals surface area (Å²) in [5.41, 5.74) is 7.92. The fourth-order valence-electron chi connectivity index (χ4n) is 2.07.